The molecule has 0 spiro atoms. The summed E-state index contributed by atoms with van der Waals surface area (Å²) in [6, 6.07) is 14.5. The quantitative estimate of drug-likeness (QED) is 0.882. The molecule has 4 nitrogen and oxygen atoms in total. The molecule has 96 valence electrons. The minimum atomic E-state index is -0.458. The number of hydrogen-bond donors (Lipinski definition) is 2. The molecule has 0 fully saturated rings. The minimum Gasteiger partial charge on any atom is -0.366 e. The maximum atomic E-state index is 11.2. The maximum absolute atomic E-state index is 11.2. The predicted octanol–water partition coefficient (Wildman–Crippen LogP) is 2.41. The Hall–Kier alpha value is -2.62. The first-order chi connectivity index (χ1) is 9.06. The van der Waals surface area contributed by atoms with Crippen LogP contribution in [-0.2, 0) is 4.79 Å². The average Bonchev–Trinajstić information content (AvgIpc) is 2.38. The second-order valence-electron chi connectivity index (χ2n) is 4.21. The highest BCUT2D eigenvalue weighted by molar-refractivity contribution is 5.94. The topological polar surface area (TPSA) is 72.2 Å². The van der Waals surface area contributed by atoms with E-state index in [2.05, 4.69) is 5.32 Å². The summed E-state index contributed by atoms with van der Waals surface area (Å²) in [5.74, 6) is -0.581. The van der Waals surface area contributed by atoms with Crippen LogP contribution in [0.2, 0.25) is 0 Å². The SMILES string of the molecule is CC(=O)Nc1cccc(-c2cccc(C(N)=O)c2)c1. The molecule has 3 N–H and O–H groups in total. The molecule has 2 aromatic carbocycles. The second kappa shape index (κ2) is 5.35. The second-order valence-corrected chi connectivity index (χ2v) is 4.21. The van der Waals surface area contributed by atoms with Crippen LogP contribution in [0.15, 0.2) is 48.5 Å². The molecule has 0 saturated carbocycles. The number of carbonyl (C=O) groups excluding carboxylic acids is 2. The molecule has 19 heavy (non-hydrogen) atoms. The van der Waals surface area contributed by atoms with Gasteiger partial charge in [0.2, 0.25) is 11.8 Å². The van der Waals surface area contributed by atoms with Crippen molar-refractivity contribution < 1.29 is 9.59 Å². The van der Waals surface area contributed by atoms with Gasteiger partial charge in [-0.05, 0) is 35.4 Å². The first kappa shape index (κ1) is 12.8. The monoisotopic (exact) mass is 254 g/mol. The molecule has 0 heterocycles. The molecule has 2 aromatic rings. The van der Waals surface area contributed by atoms with Gasteiger partial charge in [0, 0.05) is 18.2 Å². The molecule has 2 amide bonds. The molecule has 0 bridgehead atoms. The van der Waals surface area contributed by atoms with Crippen molar-refractivity contribution in [3.05, 3.63) is 54.1 Å². The lowest BCUT2D eigenvalue weighted by Crippen LogP contribution is -2.10. The van der Waals surface area contributed by atoms with Gasteiger partial charge >= 0.3 is 0 Å². The number of hydrogen-bond acceptors (Lipinski definition) is 2. The van der Waals surface area contributed by atoms with Gasteiger partial charge < -0.3 is 11.1 Å². The van der Waals surface area contributed by atoms with Crippen molar-refractivity contribution in [1.82, 2.24) is 0 Å². The molecule has 0 aliphatic heterocycles. The zero-order valence-electron chi connectivity index (χ0n) is 10.5. The Labute approximate surface area is 111 Å². The number of nitrogens with one attached hydrogen (secondary N) is 1. The molecule has 0 radical (unpaired) electrons. The van der Waals surface area contributed by atoms with E-state index in [1.54, 1.807) is 18.2 Å². The Morgan fingerprint density at radius 3 is 2.26 bits per heavy atom. The van der Waals surface area contributed by atoms with Gasteiger partial charge in [0.1, 0.15) is 0 Å². The van der Waals surface area contributed by atoms with Crippen molar-refractivity contribution in [3.63, 3.8) is 0 Å². The summed E-state index contributed by atoms with van der Waals surface area (Å²) in [7, 11) is 0. The third-order valence-corrected chi connectivity index (χ3v) is 2.66. The summed E-state index contributed by atoms with van der Waals surface area (Å²) in [5.41, 5.74) is 8.23. The Kier molecular flexibility index (Phi) is 3.61. The Morgan fingerprint density at radius 1 is 1.00 bits per heavy atom. The van der Waals surface area contributed by atoms with Crippen LogP contribution in [0.1, 0.15) is 17.3 Å². The molecule has 0 aliphatic rings. The molecular formula is C15H14N2O2. The van der Waals surface area contributed by atoms with Crippen LogP contribution in [0, 0.1) is 0 Å². The van der Waals surface area contributed by atoms with E-state index in [0.29, 0.717) is 5.56 Å². The summed E-state index contributed by atoms with van der Waals surface area (Å²) in [4.78, 5) is 22.2. The van der Waals surface area contributed by atoms with Crippen LogP contribution in [0.3, 0.4) is 0 Å². The van der Waals surface area contributed by atoms with Crippen molar-refractivity contribution in [1.29, 1.82) is 0 Å². The van der Waals surface area contributed by atoms with Crippen LogP contribution < -0.4 is 11.1 Å². The van der Waals surface area contributed by atoms with E-state index in [1.807, 2.05) is 30.3 Å². The first-order valence-electron chi connectivity index (χ1n) is 5.84. The van der Waals surface area contributed by atoms with Gasteiger partial charge in [-0.2, -0.15) is 0 Å². The maximum Gasteiger partial charge on any atom is 0.248 e. The highest BCUT2D eigenvalue weighted by atomic mass is 16.1. The van der Waals surface area contributed by atoms with E-state index < -0.39 is 5.91 Å². The zero-order chi connectivity index (χ0) is 13.8. The van der Waals surface area contributed by atoms with Gasteiger partial charge in [-0.25, -0.2) is 0 Å². The van der Waals surface area contributed by atoms with Gasteiger partial charge in [-0.15, -0.1) is 0 Å². The van der Waals surface area contributed by atoms with Gasteiger partial charge in [0.15, 0.2) is 0 Å². The Bertz CT molecular complexity index is 636. The van der Waals surface area contributed by atoms with Crippen LogP contribution >= 0.6 is 0 Å². The summed E-state index contributed by atoms with van der Waals surface area (Å²) in [6.07, 6.45) is 0. The van der Waals surface area contributed by atoms with Crippen LogP contribution in [0.4, 0.5) is 5.69 Å². The number of nitrogens with two attached hydrogens (primary N) is 1. The molecule has 4 heteroatoms. The molecule has 0 aliphatic carbocycles. The van der Waals surface area contributed by atoms with Crippen molar-refractivity contribution in [2.75, 3.05) is 5.32 Å². The lowest BCUT2D eigenvalue weighted by atomic mass is 10.0. The van der Waals surface area contributed by atoms with Crippen molar-refractivity contribution in [2.45, 2.75) is 6.92 Å². The third-order valence-electron chi connectivity index (χ3n) is 2.66. The van der Waals surface area contributed by atoms with E-state index in [9.17, 15) is 9.59 Å². The highest BCUT2D eigenvalue weighted by Gasteiger charge is 2.04. The number of primary amides is 1. The first-order valence-corrected chi connectivity index (χ1v) is 5.84. The van der Waals surface area contributed by atoms with Gasteiger partial charge in [0.25, 0.3) is 0 Å². The molecule has 0 aromatic heterocycles. The largest absolute Gasteiger partial charge is 0.366 e. The Morgan fingerprint density at radius 2 is 1.63 bits per heavy atom. The minimum absolute atomic E-state index is 0.122. The van der Waals surface area contributed by atoms with Crippen LogP contribution in [0.25, 0.3) is 11.1 Å². The fraction of sp³-hybridized carbons (Fsp3) is 0.0667. The summed E-state index contributed by atoms with van der Waals surface area (Å²) in [5, 5.41) is 2.72. The van der Waals surface area contributed by atoms with E-state index in [1.165, 1.54) is 6.92 Å². The average molecular weight is 254 g/mol. The summed E-state index contributed by atoms with van der Waals surface area (Å²) >= 11 is 0. The summed E-state index contributed by atoms with van der Waals surface area (Å²) < 4.78 is 0. The third kappa shape index (κ3) is 3.19. The lowest BCUT2D eigenvalue weighted by Gasteiger charge is -2.07. The Balaban J connectivity index is 2.38. The number of amides is 2. The highest BCUT2D eigenvalue weighted by Crippen LogP contribution is 2.23. The fourth-order valence-electron chi connectivity index (χ4n) is 1.83. The molecule has 0 saturated heterocycles. The molecule has 0 unspecified atom stereocenters. The standard InChI is InChI=1S/C15H14N2O2/c1-10(18)17-14-7-3-5-12(9-14)11-4-2-6-13(8-11)15(16)19/h2-9H,1H3,(H2,16,19)(H,17,18). The van der Waals surface area contributed by atoms with E-state index in [0.717, 1.165) is 16.8 Å². The number of rotatable bonds is 3. The number of carbonyl (C=O) groups is 2. The zero-order valence-corrected chi connectivity index (χ0v) is 10.5. The molecule has 0 atom stereocenters. The van der Waals surface area contributed by atoms with E-state index in [-0.39, 0.29) is 5.91 Å². The molecule has 2 rings (SSSR count). The van der Waals surface area contributed by atoms with Gasteiger partial charge in [0.05, 0.1) is 0 Å². The van der Waals surface area contributed by atoms with Crippen molar-refractivity contribution in [2.24, 2.45) is 5.73 Å². The van der Waals surface area contributed by atoms with E-state index in [4.69, 9.17) is 5.73 Å². The summed E-state index contributed by atoms with van der Waals surface area (Å²) in [6.45, 7) is 1.46. The number of anilines is 1. The predicted molar refractivity (Wildman–Crippen MR) is 74.7 cm³/mol. The van der Waals surface area contributed by atoms with Gasteiger partial charge in [-0.1, -0.05) is 24.3 Å². The van der Waals surface area contributed by atoms with Crippen molar-refractivity contribution >= 4 is 17.5 Å². The smallest absolute Gasteiger partial charge is 0.248 e. The normalized spacial score (nSPS) is 9.95. The number of benzene rings is 2. The van der Waals surface area contributed by atoms with E-state index >= 15 is 0 Å². The van der Waals surface area contributed by atoms with Crippen LogP contribution in [0.5, 0.6) is 0 Å². The fourth-order valence-corrected chi connectivity index (χ4v) is 1.83. The van der Waals surface area contributed by atoms with Crippen molar-refractivity contribution in [3.8, 4) is 11.1 Å². The van der Waals surface area contributed by atoms with Crippen LogP contribution in [-0.4, -0.2) is 11.8 Å². The molecular weight excluding hydrogens is 240 g/mol. The lowest BCUT2D eigenvalue weighted by molar-refractivity contribution is -0.114. The van der Waals surface area contributed by atoms with Gasteiger partial charge in [-0.3, -0.25) is 9.59 Å².